The van der Waals surface area contributed by atoms with Gasteiger partial charge in [0, 0.05) is 5.69 Å². The topological polar surface area (TPSA) is 92.8 Å². The molecule has 2 fully saturated rings. The van der Waals surface area contributed by atoms with E-state index >= 15 is 0 Å². The maximum atomic E-state index is 13.0. The third-order valence-electron chi connectivity index (χ3n) is 6.42. The second kappa shape index (κ2) is 7.70. The summed E-state index contributed by atoms with van der Waals surface area (Å²) in [4.78, 5) is 52.2. The van der Waals surface area contributed by atoms with Crippen LogP contribution in [0.3, 0.4) is 0 Å². The highest BCUT2D eigenvalue weighted by Crippen LogP contribution is 2.53. The average molecular weight is 410 g/mol. The largest absolute Gasteiger partial charge is 0.454 e. The van der Waals surface area contributed by atoms with Crippen LogP contribution in [0.5, 0.6) is 0 Å². The Kier molecular flexibility index (Phi) is 5.22. The Hall–Kier alpha value is -2.96. The number of carbonyl (C=O) groups is 4. The molecule has 4 rings (SSSR count). The van der Waals surface area contributed by atoms with E-state index in [4.69, 9.17) is 4.74 Å². The summed E-state index contributed by atoms with van der Waals surface area (Å²) in [5.41, 5.74) is 1.53. The molecule has 1 saturated heterocycles. The molecular formula is C23H26N2O5. The number of para-hydroxylation sites is 1. The van der Waals surface area contributed by atoms with Gasteiger partial charge in [0.15, 0.2) is 6.61 Å². The Morgan fingerprint density at radius 3 is 2.27 bits per heavy atom. The standard InChI is InChI=1S/C23H26N2O5/c1-12(2)20(23(29)30-11-17(26)24-16-7-5-4-6-13(16)3)25-21(27)18-14-8-9-15(10-14)19(18)22(25)28/h4-9,12,14-15,18-20H,10-11H2,1-3H3,(H,24,26)/t14-,15-,18-,19+,20+/m0/s1. The van der Waals surface area contributed by atoms with Gasteiger partial charge in [0.05, 0.1) is 11.8 Å². The van der Waals surface area contributed by atoms with Crippen molar-refractivity contribution < 1.29 is 23.9 Å². The first-order valence-corrected chi connectivity index (χ1v) is 10.4. The predicted molar refractivity (Wildman–Crippen MR) is 109 cm³/mol. The van der Waals surface area contributed by atoms with Crippen molar-refractivity contribution in [3.8, 4) is 0 Å². The lowest BCUT2D eigenvalue weighted by Gasteiger charge is -2.28. The molecule has 3 aliphatic rings. The zero-order valence-electron chi connectivity index (χ0n) is 17.3. The van der Waals surface area contributed by atoms with E-state index < -0.39 is 24.5 Å². The minimum atomic E-state index is -1.03. The highest BCUT2D eigenvalue weighted by atomic mass is 16.5. The van der Waals surface area contributed by atoms with Gasteiger partial charge in [-0.2, -0.15) is 0 Å². The molecule has 30 heavy (non-hydrogen) atoms. The van der Waals surface area contributed by atoms with Crippen LogP contribution in [0.1, 0.15) is 25.8 Å². The van der Waals surface area contributed by atoms with Crippen molar-refractivity contribution in [1.82, 2.24) is 4.90 Å². The molecule has 7 heteroatoms. The molecule has 1 saturated carbocycles. The maximum absolute atomic E-state index is 13.0. The SMILES string of the molecule is Cc1ccccc1NC(=O)COC(=O)[C@@H](C(C)C)N1C(=O)[C@@H]2[C@H](C1=O)[C@H]1C=C[C@H]2C1. The van der Waals surface area contributed by atoms with Crippen LogP contribution in [0.4, 0.5) is 5.69 Å². The Labute approximate surface area is 175 Å². The normalized spacial score (nSPS) is 27.5. The van der Waals surface area contributed by atoms with E-state index in [0.717, 1.165) is 16.9 Å². The number of hydrogen-bond acceptors (Lipinski definition) is 5. The Bertz CT molecular complexity index is 907. The number of amides is 3. The summed E-state index contributed by atoms with van der Waals surface area (Å²) in [5.74, 6) is -2.70. The fourth-order valence-electron chi connectivity index (χ4n) is 5.00. The van der Waals surface area contributed by atoms with Gasteiger partial charge in [0.25, 0.3) is 5.91 Å². The maximum Gasteiger partial charge on any atom is 0.330 e. The minimum absolute atomic E-state index is 0.0742. The highest BCUT2D eigenvalue weighted by molar-refractivity contribution is 6.09. The molecule has 1 aromatic carbocycles. The van der Waals surface area contributed by atoms with E-state index in [0.29, 0.717) is 5.69 Å². The molecule has 0 aromatic heterocycles. The molecule has 3 amide bonds. The first kappa shape index (κ1) is 20.3. The van der Waals surface area contributed by atoms with Gasteiger partial charge in [0.1, 0.15) is 6.04 Å². The number of rotatable bonds is 6. The van der Waals surface area contributed by atoms with Crippen LogP contribution in [-0.2, 0) is 23.9 Å². The lowest BCUT2D eigenvalue weighted by atomic mass is 9.85. The van der Waals surface area contributed by atoms with Crippen LogP contribution in [-0.4, -0.2) is 41.2 Å². The number of hydrogen-bond donors (Lipinski definition) is 1. The summed E-state index contributed by atoms with van der Waals surface area (Å²) < 4.78 is 5.23. The predicted octanol–water partition coefficient (Wildman–Crippen LogP) is 2.31. The number of nitrogens with one attached hydrogen (secondary N) is 1. The van der Waals surface area contributed by atoms with Crippen molar-refractivity contribution in [3.63, 3.8) is 0 Å². The zero-order chi connectivity index (χ0) is 21.6. The molecule has 0 spiro atoms. The van der Waals surface area contributed by atoms with E-state index in [9.17, 15) is 19.2 Å². The monoisotopic (exact) mass is 410 g/mol. The summed E-state index contributed by atoms with van der Waals surface area (Å²) in [6.07, 6.45) is 4.86. The fourth-order valence-corrected chi connectivity index (χ4v) is 5.00. The molecule has 1 aromatic rings. The van der Waals surface area contributed by atoms with Crippen molar-refractivity contribution in [2.75, 3.05) is 11.9 Å². The number of fused-ring (bicyclic) bond motifs is 5. The van der Waals surface area contributed by atoms with Gasteiger partial charge >= 0.3 is 5.97 Å². The van der Waals surface area contributed by atoms with E-state index in [1.807, 2.05) is 31.2 Å². The van der Waals surface area contributed by atoms with E-state index in [1.54, 1.807) is 26.0 Å². The molecule has 2 bridgehead atoms. The van der Waals surface area contributed by atoms with Gasteiger partial charge in [-0.25, -0.2) is 4.79 Å². The molecule has 158 valence electrons. The van der Waals surface area contributed by atoms with E-state index in [1.165, 1.54) is 0 Å². The number of anilines is 1. The summed E-state index contributed by atoms with van der Waals surface area (Å²) >= 11 is 0. The van der Waals surface area contributed by atoms with Gasteiger partial charge in [-0.1, -0.05) is 44.2 Å². The van der Waals surface area contributed by atoms with Crippen molar-refractivity contribution in [3.05, 3.63) is 42.0 Å². The minimum Gasteiger partial charge on any atom is -0.454 e. The third kappa shape index (κ3) is 3.32. The number of ether oxygens (including phenoxy) is 1. The van der Waals surface area contributed by atoms with Crippen LogP contribution >= 0.6 is 0 Å². The van der Waals surface area contributed by atoms with Gasteiger partial charge in [-0.3, -0.25) is 19.3 Å². The molecular weight excluding hydrogens is 384 g/mol. The van der Waals surface area contributed by atoms with Gasteiger partial charge in [-0.15, -0.1) is 0 Å². The Balaban J connectivity index is 1.43. The van der Waals surface area contributed by atoms with Gasteiger partial charge < -0.3 is 10.1 Å². The lowest BCUT2D eigenvalue weighted by molar-refractivity contribution is -0.162. The molecule has 1 heterocycles. The number of carbonyl (C=O) groups excluding carboxylic acids is 4. The average Bonchev–Trinajstić information content (AvgIpc) is 3.38. The second-order valence-corrected chi connectivity index (χ2v) is 8.71. The lowest BCUT2D eigenvalue weighted by Crippen LogP contribution is -2.50. The molecule has 2 aliphatic carbocycles. The van der Waals surface area contributed by atoms with Crippen molar-refractivity contribution in [1.29, 1.82) is 0 Å². The Morgan fingerprint density at radius 1 is 1.10 bits per heavy atom. The van der Waals surface area contributed by atoms with E-state index in [-0.39, 0.29) is 41.4 Å². The Morgan fingerprint density at radius 2 is 1.70 bits per heavy atom. The van der Waals surface area contributed by atoms with Crippen LogP contribution in [0.25, 0.3) is 0 Å². The van der Waals surface area contributed by atoms with Gasteiger partial charge in [-0.05, 0) is 42.7 Å². The molecule has 7 nitrogen and oxygen atoms in total. The molecule has 5 atom stereocenters. The van der Waals surface area contributed by atoms with Crippen LogP contribution in [0.2, 0.25) is 0 Å². The third-order valence-corrected chi connectivity index (χ3v) is 6.42. The zero-order valence-corrected chi connectivity index (χ0v) is 17.3. The quantitative estimate of drug-likeness (QED) is 0.441. The number of imide groups is 1. The number of likely N-dealkylation sites (tertiary alicyclic amines) is 1. The van der Waals surface area contributed by atoms with Gasteiger partial charge in [0.2, 0.25) is 11.8 Å². The molecule has 0 unspecified atom stereocenters. The summed E-state index contributed by atoms with van der Waals surface area (Å²) in [5, 5.41) is 2.70. The van der Waals surface area contributed by atoms with E-state index in [2.05, 4.69) is 5.32 Å². The fraction of sp³-hybridized carbons (Fsp3) is 0.478. The second-order valence-electron chi connectivity index (χ2n) is 8.71. The van der Waals surface area contributed by atoms with Crippen molar-refractivity contribution in [2.24, 2.45) is 29.6 Å². The summed E-state index contributed by atoms with van der Waals surface area (Å²) in [7, 11) is 0. The smallest absolute Gasteiger partial charge is 0.330 e. The highest BCUT2D eigenvalue weighted by Gasteiger charge is 2.61. The summed E-state index contributed by atoms with van der Waals surface area (Å²) in [6, 6.07) is 6.25. The van der Waals surface area contributed by atoms with Crippen molar-refractivity contribution >= 4 is 29.4 Å². The first-order valence-electron chi connectivity index (χ1n) is 10.4. The van der Waals surface area contributed by atoms with Crippen LogP contribution in [0, 0.1) is 36.5 Å². The van der Waals surface area contributed by atoms with Crippen LogP contribution < -0.4 is 5.32 Å². The van der Waals surface area contributed by atoms with Crippen LogP contribution in [0.15, 0.2) is 36.4 Å². The van der Waals surface area contributed by atoms with Crippen molar-refractivity contribution in [2.45, 2.75) is 33.2 Å². The summed E-state index contributed by atoms with van der Waals surface area (Å²) in [6.45, 7) is 4.91. The number of aryl methyl sites for hydroxylation is 1. The number of nitrogens with zero attached hydrogens (tertiary/aromatic N) is 1. The number of esters is 1. The molecule has 0 radical (unpaired) electrons. The molecule has 1 aliphatic heterocycles. The number of benzene rings is 1. The first-order chi connectivity index (χ1) is 14.3. The molecule has 1 N–H and O–H groups in total. The number of allylic oxidation sites excluding steroid dienone is 2.